The minimum atomic E-state index is -0.331. The zero-order valence-corrected chi connectivity index (χ0v) is 23.6. The monoisotopic (exact) mass is 578 g/mol. The molecule has 0 spiro atoms. The van der Waals surface area contributed by atoms with Crippen LogP contribution < -0.4 is 0 Å². The Balaban J connectivity index is 0.000000186. The molecule has 0 heterocycles. The van der Waals surface area contributed by atoms with Crippen LogP contribution >= 0.6 is 0 Å². The molecule has 4 aromatic rings. The van der Waals surface area contributed by atoms with Gasteiger partial charge in [0.15, 0.2) is 0 Å². The number of hydrogen-bond acceptors (Lipinski definition) is 2. The molecule has 0 saturated heterocycles. The van der Waals surface area contributed by atoms with Crippen LogP contribution in [0.15, 0.2) is 72.8 Å². The second-order valence-corrected chi connectivity index (χ2v) is 9.70. The quantitative estimate of drug-likeness (QED) is 0.244. The van der Waals surface area contributed by atoms with Gasteiger partial charge in [0.2, 0.25) is 0 Å². The van der Waals surface area contributed by atoms with Gasteiger partial charge in [-0.05, 0) is 61.4 Å². The third-order valence-electron chi connectivity index (χ3n) is 6.90. The molecule has 6 rings (SSSR count). The summed E-state index contributed by atoms with van der Waals surface area (Å²) < 4.78 is 24.0. The second-order valence-electron chi connectivity index (χ2n) is 9.70. The SMILES string of the molecule is Oc1ccc(F)cc1.Oc1ccc(F)cc1.[Zr+2].c1c(CCc2cc3c([cH-]2)CCCC3)[cH-]c2c1CCCC2. The van der Waals surface area contributed by atoms with Gasteiger partial charge in [-0.3, -0.25) is 0 Å². The summed E-state index contributed by atoms with van der Waals surface area (Å²) in [5, 5.41) is 17.2. The summed E-state index contributed by atoms with van der Waals surface area (Å²) in [6.07, 6.45) is 13.3. The van der Waals surface area contributed by atoms with E-state index < -0.39 is 0 Å². The zero-order valence-electron chi connectivity index (χ0n) is 21.1. The van der Waals surface area contributed by atoms with E-state index in [-0.39, 0.29) is 49.3 Å². The van der Waals surface area contributed by atoms with Crippen molar-refractivity contribution in [3.63, 3.8) is 0 Å². The van der Waals surface area contributed by atoms with Crippen molar-refractivity contribution >= 4 is 0 Å². The first-order chi connectivity index (χ1) is 17.5. The fourth-order valence-corrected chi connectivity index (χ4v) is 5.00. The first-order valence-electron chi connectivity index (χ1n) is 12.9. The van der Waals surface area contributed by atoms with Gasteiger partial charge in [0, 0.05) is 0 Å². The van der Waals surface area contributed by atoms with Gasteiger partial charge in [-0.2, -0.15) is 45.5 Å². The predicted octanol–water partition coefficient (Wildman–Crippen LogP) is 7.73. The van der Waals surface area contributed by atoms with E-state index in [0.717, 1.165) is 0 Å². The van der Waals surface area contributed by atoms with Gasteiger partial charge >= 0.3 is 26.2 Å². The molecule has 2 aliphatic rings. The smallest absolute Gasteiger partial charge is 0.508 e. The number of phenols is 2. The molecule has 2 N–H and O–H groups in total. The predicted molar refractivity (Wildman–Crippen MR) is 141 cm³/mol. The Kier molecular flexibility index (Phi) is 11.3. The Bertz CT molecular complexity index is 1040. The van der Waals surface area contributed by atoms with Crippen LogP contribution in [0.1, 0.15) is 59.1 Å². The van der Waals surface area contributed by atoms with Crippen LogP contribution in [0.5, 0.6) is 11.5 Å². The third kappa shape index (κ3) is 9.07. The molecule has 37 heavy (non-hydrogen) atoms. The topological polar surface area (TPSA) is 40.5 Å². The maximum Gasteiger partial charge on any atom is 2.00 e. The molecule has 0 fully saturated rings. The summed E-state index contributed by atoms with van der Waals surface area (Å²) in [5.41, 5.74) is 9.74. The molecule has 0 unspecified atom stereocenters. The first-order valence-corrected chi connectivity index (χ1v) is 12.9. The normalized spacial score (nSPS) is 13.6. The number of aryl methyl sites for hydroxylation is 6. The Morgan fingerprint density at radius 3 is 1.24 bits per heavy atom. The minimum absolute atomic E-state index is 0. The number of fused-ring (bicyclic) bond motifs is 2. The third-order valence-corrected chi connectivity index (χ3v) is 6.90. The largest absolute Gasteiger partial charge is 2.00 e. The first kappa shape index (κ1) is 29.0. The average molecular weight is 580 g/mol. The van der Waals surface area contributed by atoms with E-state index in [9.17, 15) is 8.78 Å². The molecule has 0 radical (unpaired) electrons. The van der Waals surface area contributed by atoms with E-state index in [2.05, 4.69) is 24.3 Å². The average Bonchev–Trinajstić information content (AvgIpc) is 3.50. The zero-order chi connectivity index (χ0) is 25.3. The van der Waals surface area contributed by atoms with E-state index in [0.29, 0.717) is 0 Å². The molecule has 0 saturated carbocycles. The molecule has 0 atom stereocenters. The summed E-state index contributed by atoms with van der Waals surface area (Å²) >= 11 is 0. The van der Waals surface area contributed by atoms with Crippen LogP contribution in [0.4, 0.5) is 8.78 Å². The van der Waals surface area contributed by atoms with Crippen LogP contribution in [0.2, 0.25) is 0 Å². The molecule has 0 bridgehead atoms. The number of benzene rings is 2. The van der Waals surface area contributed by atoms with Gasteiger partial charge in [-0.15, -0.1) is 0 Å². The minimum Gasteiger partial charge on any atom is -0.508 e. The molecule has 5 heteroatoms. The van der Waals surface area contributed by atoms with Gasteiger partial charge in [-0.1, -0.05) is 51.4 Å². The van der Waals surface area contributed by atoms with E-state index in [1.165, 1.54) is 113 Å². The van der Waals surface area contributed by atoms with E-state index in [1.807, 2.05) is 0 Å². The van der Waals surface area contributed by atoms with Crippen molar-refractivity contribution in [3.05, 3.63) is 118 Å². The van der Waals surface area contributed by atoms with E-state index >= 15 is 0 Å². The summed E-state index contributed by atoms with van der Waals surface area (Å²) in [6, 6.07) is 20.0. The van der Waals surface area contributed by atoms with Gasteiger partial charge in [0.05, 0.1) is 0 Å². The Morgan fingerprint density at radius 1 is 0.568 bits per heavy atom. The van der Waals surface area contributed by atoms with Crippen molar-refractivity contribution in [1.82, 2.24) is 0 Å². The van der Waals surface area contributed by atoms with Crippen molar-refractivity contribution in [3.8, 4) is 11.5 Å². The molecule has 0 aromatic heterocycles. The number of hydrogen-bond donors (Lipinski definition) is 2. The maximum atomic E-state index is 12.0. The summed E-state index contributed by atoms with van der Waals surface area (Å²) in [7, 11) is 0. The molecule has 2 aliphatic carbocycles. The Labute approximate surface area is 237 Å². The van der Waals surface area contributed by atoms with Gasteiger partial charge in [0.1, 0.15) is 23.1 Å². The molecule has 4 aromatic carbocycles. The number of aromatic hydroxyl groups is 2. The Morgan fingerprint density at radius 2 is 0.919 bits per heavy atom. The number of phenolic OH excluding ortho intramolecular Hbond substituents is 2. The molecule has 0 aliphatic heterocycles. The number of rotatable bonds is 3. The second kappa shape index (κ2) is 14.4. The molecular weight excluding hydrogens is 546 g/mol. The summed E-state index contributed by atoms with van der Waals surface area (Å²) in [6.45, 7) is 0. The van der Waals surface area contributed by atoms with Crippen LogP contribution in [-0.2, 0) is 64.7 Å². The van der Waals surface area contributed by atoms with Crippen molar-refractivity contribution < 1.29 is 45.2 Å². The maximum absolute atomic E-state index is 12.0. The number of halogens is 2. The van der Waals surface area contributed by atoms with Crippen molar-refractivity contribution in [2.45, 2.75) is 64.2 Å². The summed E-state index contributed by atoms with van der Waals surface area (Å²) in [4.78, 5) is 0. The Hall–Kier alpha value is -2.52. The van der Waals surface area contributed by atoms with Gasteiger partial charge in [0.25, 0.3) is 0 Å². The molecule has 0 amide bonds. The van der Waals surface area contributed by atoms with E-state index in [1.54, 1.807) is 33.4 Å². The summed E-state index contributed by atoms with van der Waals surface area (Å²) in [5.74, 6) is -0.483. The molecule has 192 valence electrons. The van der Waals surface area contributed by atoms with Gasteiger partial charge < -0.3 is 10.2 Å². The van der Waals surface area contributed by atoms with Crippen LogP contribution in [0, 0.1) is 11.6 Å². The van der Waals surface area contributed by atoms with E-state index in [4.69, 9.17) is 10.2 Å². The molecule has 2 nitrogen and oxygen atoms in total. The van der Waals surface area contributed by atoms with Crippen molar-refractivity contribution in [1.29, 1.82) is 0 Å². The van der Waals surface area contributed by atoms with Gasteiger partial charge in [-0.25, -0.2) is 20.9 Å². The fraction of sp³-hybridized carbons (Fsp3) is 0.312. The van der Waals surface area contributed by atoms with Crippen LogP contribution in [0.3, 0.4) is 0 Å². The van der Waals surface area contributed by atoms with Crippen LogP contribution in [-0.4, -0.2) is 10.2 Å². The fourth-order valence-electron chi connectivity index (χ4n) is 5.00. The van der Waals surface area contributed by atoms with Crippen LogP contribution in [0.25, 0.3) is 0 Å². The molecular formula is C32H34F2O2Zr. The standard InChI is InChI=1S/C20H24.2C6H5FO.Zr/c1-2-6-18-12-15(11-17(18)5-1)9-10-16-13-19-7-3-4-8-20(19)14-16;2*7-5-1-3-6(8)4-2-5;/h11-14H,1-10H2;2*1-4,8H;/q-2;;;+2. The van der Waals surface area contributed by atoms with Crippen molar-refractivity contribution in [2.24, 2.45) is 0 Å². The van der Waals surface area contributed by atoms with Crippen molar-refractivity contribution in [2.75, 3.05) is 0 Å².